The van der Waals surface area contributed by atoms with Gasteiger partial charge in [0.15, 0.2) is 5.76 Å². The molecule has 1 aromatic carbocycles. The van der Waals surface area contributed by atoms with E-state index >= 15 is 0 Å². The highest BCUT2D eigenvalue weighted by Gasteiger charge is 2.16. The van der Waals surface area contributed by atoms with Crippen LogP contribution in [0.5, 0.6) is 0 Å². The topological polar surface area (TPSA) is 76.4 Å². The molecule has 0 fully saturated rings. The molecule has 1 N–H and O–H groups in total. The molecule has 3 rings (SSSR count). The van der Waals surface area contributed by atoms with Crippen molar-refractivity contribution in [3.63, 3.8) is 0 Å². The number of thiophene rings is 1. The van der Waals surface area contributed by atoms with Crippen LogP contribution in [0.15, 0.2) is 65.3 Å². The van der Waals surface area contributed by atoms with Crippen LogP contribution in [0.3, 0.4) is 0 Å². The molecule has 0 aliphatic rings. The number of carbonyl (C=O) groups excluding carboxylic acids is 1. The van der Waals surface area contributed by atoms with Gasteiger partial charge in [0, 0.05) is 11.4 Å². The summed E-state index contributed by atoms with van der Waals surface area (Å²) < 4.78 is 31.9. The number of sulfonamides is 1. The summed E-state index contributed by atoms with van der Waals surface area (Å²) in [6.45, 7) is 0.158. The summed E-state index contributed by atoms with van der Waals surface area (Å²) in [6, 6.07) is 15.7. The molecule has 124 valence electrons. The predicted octanol–water partition coefficient (Wildman–Crippen LogP) is 3.19. The lowest BCUT2D eigenvalue weighted by molar-refractivity contribution is 0.101. The predicted molar refractivity (Wildman–Crippen MR) is 92.4 cm³/mol. The molecule has 24 heavy (non-hydrogen) atoms. The van der Waals surface area contributed by atoms with E-state index in [2.05, 4.69) is 4.72 Å². The number of hydrogen-bond donors (Lipinski definition) is 1. The number of hydrogen-bond acceptors (Lipinski definition) is 5. The Labute approximate surface area is 144 Å². The summed E-state index contributed by atoms with van der Waals surface area (Å²) in [6.07, 6.45) is 1.44. The van der Waals surface area contributed by atoms with E-state index in [1.54, 1.807) is 48.5 Å². The smallest absolute Gasteiger partial charge is 0.238 e. The fourth-order valence-electron chi connectivity index (χ4n) is 2.15. The van der Waals surface area contributed by atoms with Crippen LogP contribution in [-0.4, -0.2) is 14.2 Å². The maximum atomic E-state index is 12.1. The summed E-state index contributed by atoms with van der Waals surface area (Å²) in [7, 11) is -3.43. The second-order valence-electron chi connectivity index (χ2n) is 5.14. The van der Waals surface area contributed by atoms with Crippen LogP contribution in [0.2, 0.25) is 0 Å². The molecule has 7 heteroatoms. The largest absolute Gasteiger partial charge is 0.461 e. The van der Waals surface area contributed by atoms with Gasteiger partial charge < -0.3 is 4.42 Å². The minimum absolute atomic E-state index is 0.0720. The Morgan fingerprint density at radius 3 is 2.54 bits per heavy atom. The molecule has 0 spiro atoms. The van der Waals surface area contributed by atoms with E-state index in [-0.39, 0.29) is 23.8 Å². The lowest BCUT2D eigenvalue weighted by atomic mass is 10.2. The van der Waals surface area contributed by atoms with E-state index < -0.39 is 10.0 Å². The molecular weight excluding hydrogens is 346 g/mol. The van der Waals surface area contributed by atoms with Gasteiger partial charge in [-0.25, -0.2) is 13.1 Å². The zero-order valence-electron chi connectivity index (χ0n) is 12.6. The molecule has 0 unspecified atom stereocenters. The highest BCUT2D eigenvalue weighted by Crippen LogP contribution is 2.20. The van der Waals surface area contributed by atoms with E-state index in [9.17, 15) is 13.2 Å². The van der Waals surface area contributed by atoms with E-state index in [1.165, 1.54) is 17.6 Å². The van der Waals surface area contributed by atoms with Crippen molar-refractivity contribution < 1.29 is 17.6 Å². The Morgan fingerprint density at radius 2 is 1.83 bits per heavy atom. The fraction of sp³-hybridized carbons (Fsp3) is 0.118. The third-order valence-corrected chi connectivity index (χ3v) is 5.68. The number of rotatable bonds is 7. The number of nitrogens with one attached hydrogen (secondary N) is 1. The van der Waals surface area contributed by atoms with E-state index in [1.807, 2.05) is 6.07 Å². The average Bonchev–Trinajstić information content (AvgIpc) is 3.25. The monoisotopic (exact) mass is 361 g/mol. The SMILES string of the molecule is O=C(c1ccco1)c1ccc(CNS(=O)(=O)Cc2ccccc2)s1. The van der Waals surface area contributed by atoms with Crippen LogP contribution in [0.25, 0.3) is 0 Å². The molecule has 0 aliphatic heterocycles. The standard InChI is InChI=1S/C17H15NO4S2/c19-17(15-7-4-10-22-15)16-9-8-14(23-16)11-18-24(20,21)12-13-5-2-1-3-6-13/h1-10,18H,11-12H2. The first kappa shape index (κ1) is 16.6. The van der Waals surface area contributed by atoms with Crippen molar-refractivity contribution >= 4 is 27.1 Å². The minimum atomic E-state index is -3.43. The Bertz CT molecular complexity index is 913. The molecule has 0 amide bonds. The van der Waals surface area contributed by atoms with Gasteiger partial charge >= 0.3 is 0 Å². The van der Waals surface area contributed by atoms with Crippen molar-refractivity contribution in [3.05, 3.63) is 81.9 Å². The number of benzene rings is 1. The first-order chi connectivity index (χ1) is 11.5. The van der Waals surface area contributed by atoms with Crippen LogP contribution < -0.4 is 4.72 Å². The van der Waals surface area contributed by atoms with Crippen molar-refractivity contribution in [2.75, 3.05) is 0 Å². The van der Waals surface area contributed by atoms with Crippen molar-refractivity contribution in [2.24, 2.45) is 0 Å². The normalized spacial score (nSPS) is 11.5. The van der Waals surface area contributed by atoms with E-state index in [0.29, 0.717) is 4.88 Å². The van der Waals surface area contributed by atoms with Gasteiger partial charge in [-0.2, -0.15) is 0 Å². The molecule has 2 heterocycles. The molecule has 3 aromatic rings. The Hall–Kier alpha value is -2.22. The van der Waals surface area contributed by atoms with Gasteiger partial charge in [0.2, 0.25) is 15.8 Å². The van der Waals surface area contributed by atoms with Crippen molar-refractivity contribution in [3.8, 4) is 0 Å². The maximum Gasteiger partial charge on any atom is 0.238 e. The van der Waals surface area contributed by atoms with Crippen LogP contribution in [0.1, 0.15) is 25.9 Å². The molecule has 2 aromatic heterocycles. The average molecular weight is 361 g/mol. The van der Waals surface area contributed by atoms with Gasteiger partial charge in [-0.05, 0) is 29.8 Å². The van der Waals surface area contributed by atoms with Crippen molar-refractivity contribution in [1.82, 2.24) is 4.72 Å². The lowest BCUT2D eigenvalue weighted by Crippen LogP contribution is -2.24. The Balaban J connectivity index is 1.62. The number of furan rings is 1. The van der Waals surface area contributed by atoms with Crippen LogP contribution >= 0.6 is 11.3 Å². The quantitative estimate of drug-likeness (QED) is 0.656. The second kappa shape index (κ2) is 7.12. The van der Waals surface area contributed by atoms with Gasteiger partial charge in [-0.15, -0.1) is 11.3 Å². The summed E-state index contributed by atoms with van der Waals surface area (Å²) in [5, 5.41) is 0. The highest BCUT2D eigenvalue weighted by molar-refractivity contribution is 7.88. The molecular formula is C17H15NO4S2. The first-order valence-electron chi connectivity index (χ1n) is 7.22. The molecule has 0 radical (unpaired) electrons. The lowest BCUT2D eigenvalue weighted by Gasteiger charge is -2.05. The van der Waals surface area contributed by atoms with Crippen LogP contribution in [0.4, 0.5) is 0 Å². The van der Waals surface area contributed by atoms with E-state index in [4.69, 9.17) is 4.42 Å². The van der Waals surface area contributed by atoms with Gasteiger partial charge in [-0.3, -0.25) is 4.79 Å². The van der Waals surface area contributed by atoms with Crippen LogP contribution in [0, 0.1) is 0 Å². The summed E-state index contributed by atoms with van der Waals surface area (Å²) in [4.78, 5) is 13.4. The summed E-state index contributed by atoms with van der Waals surface area (Å²) >= 11 is 1.25. The van der Waals surface area contributed by atoms with Gasteiger partial charge in [0.1, 0.15) is 0 Å². The van der Waals surface area contributed by atoms with Gasteiger partial charge in [0.25, 0.3) is 0 Å². The molecule has 0 saturated carbocycles. The number of ketones is 1. The summed E-state index contributed by atoms with van der Waals surface area (Å²) in [5.41, 5.74) is 0.727. The highest BCUT2D eigenvalue weighted by atomic mass is 32.2. The third-order valence-electron chi connectivity index (χ3n) is 3.30. The molecule has 0 bridgehead atoms. The molecule has 0 atom stereocenters. The van der Waals surface area contributed by atoms with Crippen molar-refractivity contribution in [2.45, 2.75) is 12.3 Å². The zero-order valence-corrected chi connectivity index (χ0v) is 14.3. The minimum Gasteiger partial charge on any atom is -0.461 e. The van der Waals surface area contributed by atoms with Crippen molar-refractivity contribution in [1.29, 1.82) is 0 Å². The van der Waals surface area contributed by atoms with Gasteiger partial charge in [-0.1, -0.05) is 30.3 Å². The fourth-order valence-corrected chi connectivity index (χ4v) is 4.24. The van der Waals surface area contributed by atoms with E-state index in [0.717, 1.165) is 10.4 Å². The summed E-state index contributed by atoms with van der Waals surface area (Å²) in [5.74, 6) is -0.00587. The zero-order chi connectivity index (χ0) is 17.0. The Morgan fingerprint density at radius 1 is 1.04 bits per heavy atom. The molecule has 0 saturated heterocycles. The Kier molecular flexibility index (Phi) is 4.94. The molecule has 5 nitrogen and oxygen atoms in total. The second-order valence-corrected chi connectivity index (χ2v) is 8.11. The number of carbonyl (C=O) groups is 1. The van der Waals surface area contributed by atoms with Crippen LogP contribution in [-0.2, 0) is 22.3 Å². The molecule has 0 aliphatic carbocycles. The third kappa shape index (κ3) is 4.19. The maximum absolute atomic E-state index is 12.1. The van der Waals surface area contributed by atoms with Gasteiger partial charge in [0.05, 0.1) is 16.9 Å². The first-order valence-corrected chi connectivity index (χ1v) is 9.68.